The van der Waals surface area contributed by atoms with E-state index in [4.69, 9.17) is 9.47 Å². The minimum atomic E-state index is -4.20. The minimum Gasteiger partial charge on any atom is -0.476 e. The fraction of sp³-hybridized carbons (Fsp3) is 0.233. The van der Waals surface area contributed by atoms with Gasteiger partial charge in [0, 0.05) is 24.3 Å². The molecule has 2 N–H and O–H groups in total. The van der Waals surface area contributed by atoms with Crippen molar-refractivity contribution in [1.82, 2.24) is 14.1 Å². The monoisotopic (exact) mass is 608 g/mol. The van der Waals surface area contributed by atoms with Crippen LogP contribution in [0, 0.1) is 26.6 Å². The highest BCUT2D eigenvalue weighted by molar-refractivity contribution is 7.89. The molecule has 43 heavy (non-hydrogen) atoms. The number of aromatic carboxylic acids is 1. The first-order valence-electron chi connectivity index (χ1n) is 13.3. The van der Waals surface area contributed by atoms with Gasteiger partial charge >= 0.3 is 5.97 Å². The molecule has 1 aromatic heterocycles. The highest BCUT2D eigenvalue weighted by Gasteiger charge is 2.32. The van der Waals surface area contributed by atoms with E-state index in [0.29, 0.717) is 5.69 Å². The Morgan fingerprint density at radius 3 is 2.42 bits per heavy atom. The van der Waals surface area contributed by atoms with Crippen LogP contribution < -0.4 is 10.1 Å². The Balaban J connectivity index is 1.63. The van der Waals surface area contributed by atoms with E-state index in [0.717, 1.165) is 17.2 Å². The van der Waals surface area contributed by atoms with Crippen molar-refractivity contribution >= 4 is 27.6 Å². The van der Waals surface area contributed by atoms with Crippen LogP contribution in [0.25, 0.3) is 5.69 Å². The second-order valence-corrected chi connectivity index (χ2v) is 11.8. The van der Waals surface area contributed by atoms with E-state index in [1.807, 2.05) is 19.9 Å². The van der Waals surface area contributed by atoms with Crippen LogP contribution in [-0.4, -0.2) is 65.8 Å². The van der Waals surface area contributed by atoms with E-state index in [1.54, 1.807) is 12.1 Å². The lowest BCUT2D eigenvalue weighted by atomic mass is 10.1. The number of aryl methyl sites for hydroxylation is 1. The first-order chi connectivity index (χ1) is 20.5. The summed E-state index contributed by atoms with van der Waals surface area (Å²) in [5.41, 5.74) is 2.09. The zero-order chi connectivity index (χ0) is 30.9. The topological polar surface area (TPSA) is 140 Å². The molecular formula is C30H29FN4O7S. The first kappa shape index (κ1) is 29.9. The molecule has 1 amide bonds. The molecule has 11 nitrogen and oxygen atoms in total. The molecule has 224 valence electrons. The average Bonchev–Trinajstić information content (AvgIpc) is 3.31. The predicted molar refractivity (Wildman–Crippen MR) is 155 cm³/mol. The number of carboxylic acids is 1. The minimum absolute atomic E-state index is 0.00710. The Morgan fingerprint density at radius 1 is 1.00 bits per heavy atom. The molecule has 5 rings (SSSR count). The Hall–Kier alpha value is -4.59. The van der Waals surface area contributed by atoms with Crippen molar-refractivity contribution in [3.8, 4) is 17.3 Å². The summed E-state index contributed by atoms with van der Waals surface area (Å²) in [5, 5.41) is 16.6. The van der Waals surface area contributed by atoms with E-state index in [1.165, 1.54) is 52.3 Å². The lowest BCUT2D eigenvalue weighted by molar-refractivity contribution is 0.0689. The number of halogens is 1. The van der Waals surface area contributed by atoms with Gasteiger partial charge < -0.3 is 19.9 Å². The Kier molecular flexibility index (Phi) is 8.31. The molecule has 1 saturated heterocycles. The maximum Gasteiger partial charge on any atom is 0.356 e. The van der Waals surface area contributed by atoms with Crippen molar-refractivity contribution in [3.63, 3.8) is 0 Å². The highest BCUT2D eigenvalue weighted by Crippen LogP contribution is 2.37. The van der Waals surface area contributed by atoms with Gasteiger partial charge in [-0.3, -0.25) is 4.79 Å². The molecule has 0 bridgehead atoms. The molecule has 0 aliphatic carbocycles. The fourth-order valence-electron chi connectivity index (χ4n) is 4.68. The van der Waals surface area contributed by atoms with Gasteiger partial charge in [-0.1, -0.05) is 24.3 Å². The Labute approximate surface area is 247 Å². The molecule has 0 unspecified atom stereocenters. The highest BCUT2D eigenvalue weighted by atomic mass is 32.2. The van der Waals surface area contributed by atoms with E-state index in [-0.39, 0.29) is 65.3 Å². The molecule has 3 aromatic carbocycles. The maximum atomic E-state index is 14.2. The molecule has 2 heterocycles. The summed E-state index contributed by atoms with van der Waals surface area (Å²) in [6.07, 6.45) is 0. The standard InChI is InChI=1S/C30H29FN4O7S/c1-18-7-6-10-24(19(18)2)35-29(20(3)27(33-35)30(37)38)42-25-12-11-21(32-28(36)22-8-4-5-9-23(22)31)17-26(25)43(39,40)34-13-15-41-16-14-34/h4-12,17H,13-16H2,1-3H3,(H,32,36)(H,37,38). The first-order valence-corrected chi connectivity index (χ1v) is 14.8. The van der Waals surface area contributed by atoms with Crippen LogP contribution in [0.5, 0.6) is 11.6 Å². The summed E-state index contributed by atoms with van der Waals surface area (Å²) < 4.78 is 56.2. The number of benzene rings is 3. The molecule has 4 aromatic rings. The van der Waals surface area contributed by atoms with Crippen LogP contribution in [0.3, 0.4) is 0 Å². The number of nitrogens with one attached hydrogen (secondary N) is 1. The number of hydrogen-bond acceptors (Lipinski definition) is 7. The molecule has 1 fully saturated rings. The number of aromatic nitrogens is 2. The molecule has 1 aliphatic rings. The number of morpholine rings is 1. The van der Waals surface area contributed by atoms with E-state index < -0.39 is 27.7 Å². The van der Waals surface area contributed by atoms with Gasteiger partial charge in [-0.25, -0.2) is 17.6 Å². The van der Waals surface area contributed by atoms with Gasteiger partial charge in [0.2, 0.25) is 15.9 Å². The molecule has 0 spiro atoms. The number of rotatable bonds is 8. The van der Waals surface area contributed by atoms with Crippen molar-refractivity contribution in [3.05, 3.63) is 94.4 Å². The van der Waals surface area contributed by atoms with Crippen LogP contribution in [0.1, 0.15) is 37.5 Å². The van der Waals surface area contributed by atoms with Crippen molar-refractivity contribution < 1.29 is 37.0 Å². The second kappa shape index (κ2) is 12.0. The van der Waals surface area contributed by atoms with Gasteiger partial charge in [0.15, 0.2) is 5.69 Å². The molecular weight excluding hydrogens is 579 g/mol. The van der Waals surface area contributed by atoms with Crippen LogP contribution >= 0.6 is 0 Å². The van der Waals surface area contributed by atoms with Gasteiger partial charge in [0.05, 0.1) is 24.5 Å². The van der Waals surface area contributed by atoms with Crippen molar-refractivity contribution in [2.75, 3.05) is 31.6 Å². The molecule has 0 saturated carbocycles. The van der Waals surface area contributed by atoms with Gasteiger partial charge in [-0.15, -0.1) is 0 Å². The number of carbonyl (C=O) groups is 2. The number of amides is 1. The Morgan fingerprint density at radius 2 is 1.72 bits per heavy atom. The normalized spacial score (nSPS) is 14.0. The number of carboxylic acid groups (broad SMARTS) is 1. The number of hydrogen-bond donors (Lipinski definition) is 2. The summed E-state index contributed by atoms with van der Waals surface area (Å²) in [4.78, 5) is 24.6. The third-order valence-corrected chi connectivity index (χ3v) is 9.11. The van der Waals surface area contributed by atoms with E-state index in [9.17, 15) is 27.5 Å². The number of carbonyl (C=O) groups excluding carboxylic acids is 1. The summed E-state index contributed by atoms with van der Waals surface area (Å²) in [6.45, 7) is 5.85. The average molecular weight is 609 g/mol. The fourth-order valence-corrected chi connectivity index (χ4v) is 6.23. The van der Waals surface area contributed by atoms with E-state index >= 15 is 0 Å². The van der Waals surface area contributed by atoms with Crippen molar-refractivity contribution in [2.45, 2.75) is 25.7 Å². The summed E-state index contributed by atoms with van der Waals surface area (Å²) >= 11 is 0. The van der Waals surface area contributed by atoms with Gasteiger partial charge in [-0.2, -0.15) is 14.1 Å². The van der Waals surface area contributed by atoms with Crippen molar-refractivity contribution in [2.24, 2.45) is 0 Å². The zero-order valence-electron chi connectivity index (χ0n) is 23.6. The largest absolute Gasteiger partial charge is 0.476 e. The van der Waals surface area contributed by atoms with Crippen LogP contribution in [-0.2, 0) is 14.8 Å². The smallest absolute Gasteiger partial charge is 0.356 e. The summed E-state index contributed by atoms with van der Waals surface area (Å²) in [6, 6.07) is 14.9. The molecule has 1 aliphatic heterocycles. The third-order valence-electron chi connectivity index (χ3n) is 7.19. The van der Waals surface area contributed by atoms with Crippen LogP contribution in [0.2, 0.25) is 0 Å². The van der Waals surface area contributed by atoms with Crippen LogP contribution in [0.15, 0.2) is 65.6 Å². The Bertz CT molecular complexity index is 1830. The molecule has 0 radical (unpaired) electrons. The number of nitrogens with zero attached hydrogens (tertiary/aromatic N) is 3. The lowest BCUT2D eigenvalue weighted by Gasteiger charge is -2.27. The quantitative estimate of drug-likeness (QED) is 0.293. The van der Waals surface area contributed by atoms with Crippen LogP contribution in [0.4, 0.5) is 10.1 Å². The summed E-state index contributed by atoms with van der Waals surface area (Å²) in [7, 11) is -4.20. The van der Waals surface area contributed by atoms with Gasteiger partial charge in [0.1, 0.15) is 16.5 Å². The van der Waals surface area contributed by atoms with Gasteiger partial charge in [0.25, 0.3) is 5.91 Å². The zero-order valence-corrected chi connectivity index (χ0v) is 24.4. The lowest BCUT2D eigenvalue weighted by Crippen LogP contribution is -2.40. The number of anilines is 1. The SMILES string of the molecule is Cc1cccc(-n2nc(C(=O)O)c(C)c2Oc2ccc(NC(=O)c3ccccc3F)cc2S(=O)(=O)N2CCOCC2)c1C. The maximum absolute atomic E-state index is 14.2. The third kappa shape index (κ3) is 5.87. The van der Waals surface area contributed by atoms with Crippen molar-refractivity contribution in [1.29, 1.82) is 0 Å². The molecule has 13 heteroatoms. The van der Waals surface area contributed by atoms with E-state index in [2.05, 4.69) is 10.4 Å². The number of ether oxygens (including phenoxy) is 2. The second-order valence-electron chi connectivity index (χ2n) is 9.93. The predicted octanol–water partition coefficient (Wildman–Crippen LogP) is 4.70. The number of sulfonamides is 1. The van der Waals surface area contributed by atoms with Gasteiger partial charge in [-0.05, 0) is 68.3 Å². The summed E-state index contributed by atoms with van der Waals surface area (Å²) in [5.74, 6) is -2.89. The molecule has 0 atom stereocenters.